The summed E-state index contributed by atoms with van der Waals surface area (Å²) in [4.78, 5) is 15.9. The lowest BCUT2D eigenvalue weighted by molar-refractivity contribution is 0.0683. The van der Waals surface area contributed by atoms with Gasteiger partial charge in [0.2, 0.25) is 0 Å². The minimum absolute atomic E-state index is 0.0462. The van der Waals surface area contributed by atoms with Gasteiger partial charge in [0.15, 0.2) is 5.78 Å². The number of carbonyl (C=O) groups is 1. The summed E-state index contributed by atoms with van der Waals surface area (Å²) in [6.07, 6.45) is 3.75. The molecule has 0 aromatic heterocycles. The van der Waals surface area contributed by atoms with E-state index >= 15 is 0 Å². The van der Waals surface area contributed by atoms with E-state index in [4.69, 9.17) is 11.6 Å². The van der Waals surface area contributed by atoms with Gasteiger partial charge in [0.25, 0.3) is 0 Å². The van der Waals surface area contributed by atoms with Crippen LogP contribution in [0.2, 0.25) is 5.02 Å². The Morgan fingerprint density at radius 3 is 2.35 bits per heavy atom. The molecule has 0 amide bonds. The first-order valence-electron chi connectivity index (χ1n) is 7.05. The first-order chi connectivity index (χ1) is 9.35. The molecule has 0 bridgehead atoms. The van der Waals surface area contributed by atoms with Gasteiger partial charge in [-0.1, -0.05) is 11.6 Å². The van der Waals surface area contributed by atoms with Crippen molar-refractivity contribution in [1.29, 1.82) is 0 Å². The summed E-state index contributed by atoms with van der Waals surface area (Å²) in [5, 5.41) is 0.647. The number of benzene rings is 1. The number of ketones is 1. The van der Waals surface area contributed by atoms with E-state index < -0.39 is 0 Å². The highest BCUT2D eigenvalue weighted by Crippen LogP contribution is 2.38. The molecule has 0 saturated heterocycles. The molecule has 4 heteroatoms. The van der Waals surface area contributed by atoms with Crippen molar-refractivity contribution in [2.45, 2.75) is 31.7 Å². The minimum Gasteiger partial charge on any atom is -0.372 e. The SMILES string of the molecule is CC(=O)c1ccc(N(C)CC2(N(C)C)CCC2)c(Cl)c1. The van der Waals surface area contributed by atoms with Crippen molar-refractivity contribution in [2.75, 3.05) is 32.6 Å². The molecule has 1 fully saturated rings. The molecule has 0 unspecified atom stereocenters. The van der Waals surface area contributed by atoms with E-state index in [1.54, 1.807) is 13.0 Å². The molecule has 0 radical (unpaired) electrons. The van der Waals surface area contributed by atoms with Gasteiger partial charge < -0.3 is 9.80 Å². The Kier molecular flexibility index (Phi) is 4.40. The van der Waals surface area contributed by atoms with Gasteiger partial charge in [-0.05, 0) is 58.5 Å². The number of hydrogen-bond acceptors (Lipinski definition) is 3. The fourth-order valence-electron chi connectivity index (χ4n) is 2.89. The maximum atomic E-state index is 11.4. The highest BCUT2D eigenvalue weighted by atomic mass is 35.5. The van der Waals surface area contributed by atoms with Crippen molar-refractivity contribution in [3.8, 4) is 0 Å². The van der Waals surface area contributed by atoms with Crippen LogP contribution >= 0.6 is 11.6 Å². The lowest BCUT2D eigenvalue weighted by Gasteiger charge is -2.49. The van der Waals surface area contributed by atoms with Gasteiger partial charge in [0.1, 0.15) is 0 Å². The summed E-state index contributed by atoms with van der Waals surface area (Å²) in [6.45, 7) is 2.52. The van der Waals surface area contributed by atoms with Crippen molar-refractivity contribution < 1.29 is 4.79 Å². The molecular weight excluding hydrogens is 272 g/mol. The second-order valence-electron chi connectivity index (χ2n) is 6.05. The monoisotopic (exact) mass is 294 g/mol. The molecule has 1 saturated carbocycles. The third-order valence-corrected chi connectivity index (χ3v) is 4.83. The molecule has 1 aromatic rings. The van der Waals surface area contributed by atoms with Crippen LogP contribution in [0.1, 0.15) is 36.5 Å². The fourth-order valence-corrected chi connectivity index (χ4v) is 3.22. The third-order valence-electron chi connectivity index (χ3n) is 4.53. The van der Waals surface area contributed by atoms with Crippen LogP contribution in [0.25, 0.3) is 0 Å². The minimum atomic E-state index is 0.0462. The van der Waals surface area contributed by atoms with E-state index in [9.17, 15) is 4.79 Å². The van der Waals surface area contributed by atoms with Gasteiger partial charge in [-0.15, -0.1) is 0 Å². The van der Waals surface area contributed by atoms with Gasteiger partial charge in [0.05, 0.1) is 10.7 Å². The average Bonchev–Trinajstić information content (AvgIpc) is 2.32. The van der Waals surface area contributed by atoms with Crippen LogP contribution in [0.15, 0.2) is 18.2 Å². The molecule has 0 atom stereocenters. The van der Waals surface area contributed by atoms with Crippen molar-refractivity contribution >= 4 is 23.1 Å². The number of Topliss-reactive ketones (excluding diaryl/α,β-unsaturated/α-hetero) is 1. The summed E-state index contributed by atoms with van der Waals surface area (Å²) in [5.74, 6) is 0.0462. The Morgan fingerprint density at radius 1 is 1.30 bits per heavy atom. The maximum Gasteiger partial charge on any atom is 0.159 e. The van der Waals surface area contributed by atoms with Crippen LogP contribution in [-0.4, -0.2) is 43.9 Å². The molecule has 0 spiro atoms. The van der Waals surface area contributed by atoms with Crippen LogP contribution in [-0.2, 0) is 0 Å². The molecule has 110 valence electrons. The second kappa shape index (κ2) is 5.74. The highest BCUT2D eigenvalue weighted by molar-refractivity contribution is 6.33. The van der Waals surface area contributed by atoms with Crippen LogP contribution in [0.3, 0.4) is 0 Å². The first-order valence-corrected chi connectivity index (χ1v) is 7.42. The Balaban J connectivity index is 2.17. The number of rotatable bonds is 5. The maximum absolute atomic E-state index is 11.4. The van der Waals surface area contributed by atoms with Crippen LogP contribution < -0.4 is 4.90 Å². The molecule has 1 aliphatic rings. The van der Waals surface area contributed by atoms with Crippen molar-refractivity contribution in [1.82, 2.24) is 4.90 Å². The average molecular weight is 295 g/mol. The Morgan fingerprint density at radius 2 is 1.95 bits per heavy atom. The van der Waals surface area contributed by atoms with Gasteiger partial charge in [-0.25, -0.2) is 0 Å². The van der Waals surface area contributed by atoms with E-state index in [-0.39, 0.29) is 11.3 Å². The van der Waals surface area contributed by atoms with E-state index in [0.717, 1.165) is 12.2 Å². The third kappa shape index (κ3) is 2.84. The Labute approximate surface area is 126 Å². The Bertz CT molecular complexity index is 509. The van der Waals surface area contributed by atoms with E-state index in [0.29, 0.717) is 10.6 Å². The number of halogens is 1. The molecule has 20 heavy (non-hydrogen) atoms. The number of likely N-dealkylation sites (N-methyl/N-ethyl adjacent to an activating group) is 2. The van der Waals surface area contributed by atoms with Crippen LogP contribution in [0.4, 0.5) is 5.69 Å². The zero-order chi connectivity index (χ0) is 14.9. The van der Waals surface area contributed by atoms with Crippen molar-refractivity contribution in [3.05, 3.63) is 28.8 Å². The van der Waals surface area contributed by atoms with Gasteiger partial charge in [0, 0.05) is 24.7 Å². The van der Waals surface area contributed by atoms with Crippen LogP contribution in [0, 0.1) is 0 Å². The molecule has 0 aliphatic heterocycles. The van der Waals surface area contributed by atoms with E-state index in [1.165, 1.54) is 19.3 Å². The molecule has 3 nitrogen and oxygen atoms in total. The van der Waals surface area contributed by atoms with Gasteiger partial charge >= 0.3 is 0 Å². The summed E-state index contributed by atoms with van der Waals surface area (Å²) in [6, 6.07) is 5.56. The number of nitrogens with zero attached hydrogens (tertiary/aromatic N) is 2. The van der Waals surface area contributed by atoms with Crippen molar-refractivity contribution in [2.24, 2.45) is 0 Å². The summed E-state index contributed by atoms with van der Waals surface area (Å²) in [7, 11) is 6.36. The predicted octanol–water partition coefficient (Wildman–Crippen LogP) is 3.46. The lowest BCUT2D eigenvalue weighted by atomic mass is 9.75. The second-order valence-corrected chi connectivity index (χ2v) is 6.46. The number of anilines is 1. The molecule has 0 heterocycles. The molecular formula is C16H23ClN2O. The fraction of sp³-hybridized carbons (Fsp3) is 0.562. The van der Waals surface area contributed by atoms with Gasteiger partial charge in [-0.2, -0.15) is 0 Å². The normalized spacial score (nSPS) is 16.9. The summed E-state index contributed by atoms with van der Waals surface area (Å²) in [5.41, 5.74) is 1.92. The quantitative estimate of drug-likeness (QED) is 0.777. The standard InChI is InChI=1S/C16H23ClN2O/c1-12(20)13-6-7-15(14(17)10-13)19(4)11-16(18(2)3)8-5-9-16/h6-7,10H,5,8-9,11H2,1-4H3. The van der Waals surface area contributed by atoms with E-state index in [1.807, 2.05) is 12.1 Å². The van der Waals surface area contributed by atoms with E-state index in [2.05, 4.69) is 30.9 Å². The number of hydrogen-bond donors (Lipinski definition) is 0. The predicted molar refractivity (Wildman–Crippen MR) is 85.0 cm³/mol. The van der Waals surface area contributed by atoms with Gasteiger partial charge in [-0.3, -0.25) is 4.79 Å². The van der Waals surface area contributed by atoms with Crippen molar-refractivity contribution in [3.63, 3.8) is 0 Å². The molecule has 2 rings (SSSR count). The molecule has 1 aliphatic carbocycles. The highest BCUT2D eigenvalue weighted by Gasteiger charge is 2.40. The lowest BCUT2D eigenvalue weighted by Crippen LogP contribution is -2.56. The zero-order valence-corrected chi connectivity index (χ0v) is 13.5. The number of carbonyl (C=O) groups excluding carboxylic acids is 1. The van der Waals surface area contributed by atoms with Crippen LogP contribution in [0.5, 0.6) is 0 Å². The Hall–Kier alpha value is -1.06. The molecule has 0 N–H and O–H groups in total. The first kappa shape index (κ1) is 15.3. The summed E-state index contributed by atoms with van der Waals surface area (Å²) >= 11 is 6.33. The zero-order valence-electron chi connectivity index (χ0n) is 12.7. The smallest absolute Gasteiger partial charge is 0.159 e. The summed E-state index contributed by atoms with van der Waals surface area (Å²) < 4.78 is 0. The largest absolute Gasteiger partial charge is 0.372 e. The molecule has 1 aromatic carbocycles. The topological polar surface area (TPSA) is 23.6 Å².